The van der Waals surface area contributed by atoms with Gasteiger partial charge in [-0.15, -0.1) is 0 Å². The molecule has 6 heteroatoms. The first-order chi connectivity index (χ1) is 8.90. The van der Waals surface area contributed by atoms with Crippen molar-refractivity contribution in [1.82, 2.24) is 9.78 Å². The van der Waals surface area contributed by atoms with E-state index in [0.29, 0.717) is 16.9 Å². The number of aryl methyl sites for hydroxylation is 1. The first kappa shape index (κ1) is 13.2. The van der Waals surface area contributed by atoms with Gasteiger partial charge in [0.2, 0.25) is 0 Å². The second kappa shape index (κ2) is 4.79. The summed E-state index contributed by atoms with van der Waals surface area (Å²) in [5.41, 5.74) is 6.81. The van der Waals surface area contributed by atoms with Gasteiger partial charge in [-0.25, -0.2) is 13.5 Å². The molecule has 0 bridgehead atoms. The minimum absolute atomic E-state index is 0.233. The van der Waals surface area contributed by atoms with Crippen molar-refractivity contribution in [2.45, 2.75) is 20.3 Å². The minimum Gasteiger partial charge on any atom is -0.399 e. The molecule has 19 heavy (non-hydrogen) atoms. The molecule has 0 atom stereocenters. The molecular formula is C13H13F2N3O. The number of carbonyl (C=O) groups excluding carboxylic acids is 1. The van der Waals surface area contributed by atoms with Gasteiger partial charge in [0.1, 0.15) is 5.69 Å². The average Bonchev–Trinajstić information content (AvgIpc) is 2.70. The van der Waals surface area contributed by atoms with Gasteiger partial charge in [-0.05, 0) is 38.1 Å². The van der Waals surface area contributed by atoms with Gasteiger partial charge in [0.15, 0.2) is 5.78 Å². The van der Waals surface area contributed by atoms with Crippen LogP contribution in [0, 0.1) is 6.92 Å². The van der Waals surface area contributed by atoms with E-state index in [2.05, 4.69) is 5.10 Å². The molecule has 2 rings (SSSR count). The Morgan fingerprint density at radius 1 is 1.37 bits per heavy atom. The molecule has 0 saturated heterocycles. The van der Waals surface area contributed by atoms with E-state index in [4.69, 9.17) is 5.73 Å². The third-order valence-corrected chi connectivity index (χ3v) is 2.71. The third-order valence-electron chi connectivity index (χ3n) is 2.71. The standard InChI is InChI=1S/C13H13F2N3O/c1-7-5-12(13(14)15)18(17-7)11-6-9(16)3-4-10(11)8(2)19/h3-6,13H,16H2,1-2H3. The maximum absolute atomic E-state index is 13.0. The number of hydrogen-bond donors (Lipinski definition) is 1. The van der Waals surface area contributed by atoms with Crippen LogP contribution in [-0.2, 0) is 0 Å². The number of ketones is 1. The Balaban J connectivity index is 2.70. The van der Waals surface area contributed by atoms with Crippen LogP contribution in [-0.4, -0.2) is 15.6 Å². The maximum Gasteiger partial charge on any atom is 0.280 e. The summed E-state index contributed by atoms with van der Waals surface area (Å²) in [5.74, 6) is -0.233. The fourth-order valence-electron chi connectivity index (χ4n) is 1.89. The zero-order valence-corrected chi connectivity index (χ0v) is 10.5. The summed E-state index contributed by atoms with van der Waals surface area (Å²) in [6.07, 6.45) is -2.68. The molecular weight excluding hydrogens is 252 g/mol. The number of nitrogens with zero attached hydrogens (tertiary/aromatic N) is 2. The lowest BCUT2D eigenvalue weighted by Gasteiger charge is -2.11. The summed E-state index contributed by atoms with van der Waals surface area (Å²) in [4.78, 5) is 11.6. The van der Waals surface area contributed by atoms with Crippen LogP contribution in [0.2, 0.25) is 0 Å². The highest BCUT2D eigenvalue weighted by Crippen LogP contribution is 2.26. The van der Waals surface area contributed by atoms with Crippen LogP contribution in [0.5, 0.6) is 0 Å². The zero-order valence-electron chi connectivity index (χ0n) is 10.5. The van der Waals surface area contributed by atoms with E-state index >= 15 is 0 Å². The molecule has 2 aromatic rings. The van der Waals surface area contributed by atoms with Crippen LogP contribution < -0.4 is 5.73 Å². The highest BCUT2D eigenvalue weighted by molar-refractivity contribution is 5.98. The molecule has 2 N–H and O–H groups in total. The van der Waals surface area contributed by atoms with Crippen molar-refractivity contribution in [1.29, 1.82) is 0 Å². The van der Waals surface area contributed by atoms with Gasteiger partial charge in [-0.1, -0.05) is 0 Å². The van der Waals surface area contributed by atoms with E-state index in [-0.39, 0.29) is 17.2 Å². The molecule has 1 heterocycles. The number of alkyl halides is 2. The third kappa shape index (κ3) is 2.47. The molecule has 0 spiro atoms. The van der Waals surface area contributed by atoms with E-state index in [0.717, 1.165) is 4.68 Å². The Morgan fingerprint density at radius 3 is 2.63 bits per heavy atom. The lowest BCUT2D eigenvalue weighted by atomic mass is 10.1. The van der Waals surface area contributed by atoms with Crippen molar-refractivity contribution in [2.75, 3.05) is 5.73 Å². The van der Waals surface area contributed by atoms with E-state index in [1.54, 1.807) is 13.0 Å². The molecule has 0 saturated carbocycles. The molecule has 100 valence electrons. The molecule has 0 radical (unpaired) electrons. The van der Waals surface area contributed by atoms with Crippen LogP contribution in [0.4, 0.5) is 14.5 Å². The molecule has 0 fully saturated rings. The van der Waals surface area contributed by atoms with Crippen molar-refractivity contribution < 1.29 is 13.6 Å². The number of aromatic nitrogens is 2. The van der Waals surface area contributed by atoms with Crippen molar-refractivity contribution in [3.05, 3.63) is 41.2 Å². The van der Waals surface area contributed by atoms with E-state index in [9.17, 15) is 13.6 Å². The molecule has 1 aromatic heterocycles. The summed E-state index contributed by atoms with van der Waals surface area (Å²) in [6, 6.07) is 5.82. The van der Waals surface area contributed by atoms with Crippen LogP contribution in [0.3, 0.4) is 0 Å². The monoisotopic (exact) mass is 265 g/mol. The Morgan fingerprint density at radius 2 is 2.05 bits per heavy atom. The first-order valence-corrected chi connectivity index (χ1v) is 5.65. The first-order valence-electron chi connectivity index (χ1n) is 5.65. The van der Waals surface area contributed by atoms with Crippen LogP contribution >= 0.6 is 0 Å². The number of nitrogen functional groups attached to an aromatic ring is 1. The van der Waals surface area contributed by atoms with Gasteiger partial charge < -0.3 is 5.73 Å². The number of nitrogens with two attached hydrogens (primary N) is 1. The Labute approximate surface area is 108 Å². The summed E-state index contributed by atoms with van der Waals surface area (Å²) in [7, 11) is 0. The smallest absolute Gasteiger partial charge is 0.280 e. The second-order valence-corrected chi connectivity index (χ2v) is 4.26. The van der Waals surface area contributed by atoms with Crippen molar-refractivity contribution >= 4 is 11.5 Å². The second-order valence-electron chi connectivity index (χ2n) is 4.26. The van der Waals surface area contributed by atoms with Gasteiger partial charge in [0.05, 0.1) is 11.4 Å². The minimum atomic E-state index is -2.68. The molecule has 0 unspecified atom stereocenters. The fraction of sp³-hybridized carbons (Fsp3) is 0.231. The molecule has 0 aliphatic heterocycles. The maximum atomic E-state index is 13.0. The van der Waals surface area contributed by atoms with Crippen molar-refractivity contribution in [3.8, 4) is 5.69 Å². The molecule has 0 amide bonds. The largest absolute Gasteiger partial charge is 0.399 e. The topological polar surface area (TPSA) is 60.9 Å². The number of carbonyl (C=O) groups is 1. The molecule has 4 nitrogen and oxygen atoms in total. The van der Waals surface area contributed by atoms with Gasteiger partial charge in [-0.2, -0.15) is 5.10 Å². The quantitative estimate of drug-likeness (QED) is 0.685. The Bertz CT molecular complexity index is 635. The van der Waals surface area contributed by atoms with Gasteiger partial charge >= 0.3 is 0 Å². The lowest BCUT2D eigenvalue weighted by Crippen LogP contribution is -2.09. The predicted octanol–water partition coefficient (Wildman–Crippen LogP) is 2.90. The number of Topliss-reactive ketones (excluding diaryl/α,β-unsaturated/α-hetero) is 1. The molecule has 1 aromatic carbocycles. The average molecular weight is 265 g/mol. The number of benzene rings is 1. The van der Waals surface area contributed by atoms with Crippen molar-refractivity contribution in [3.63, 3.8) is 0 Å². The van der Waals surface area contributed by atoms with Crippen LogP contribution in [0.25, 0.3) is 5.69 Å². The van der Waals surface area contributed by atoms with Gasteiger partial charge in [0.25, 0.3) is 6.43 Å². The van der Waals surface area contributed by atoms with Crippen LogP contribution in [0.1, 0.15) is 35.1 Å². The molecule has 0 aliphatic carbocycles. The highest BCUT2D eigenvalue weighted by Gasteiger charge is 2.19. The van der Waals surface area contributed by atoms with Gasteiger partial charge in [0, 0.05) is 11.3 Å². The Hall–Kier alpha value is -2.24. The number of rotatable bonds is 3. The zero-order chi connectivity index (χ0) is 14.2. The van der Waals surface area contributed by atoms with E-state index in [1.807, 2.05) is 0 Å². The normalized spacial score (nSPS) is 11.0. The van der Waals surface area contributed by atoms with E-state index in [1.165, 1.54) is 25.1 Å². The summed E-state index contributed by atoms with van der Waals surface area (Å²) in [5, 5.41) is 4.02. The highest BCUT2D eigenvalue weighted by atomic mass is 19.3. The summed E-state index contributed by atoms with van der Waals surface area (Å²) < 4.78 is 27.0. The van der Waals surface area contributed by atoms with Gasteiger partial charge in [-0.3, -0.25) is 4.79 Å². The lowest BCUT2D eigenvalue weighted by molar-refractivity contribution is 0.101. The fourth-order valence-corrected chi connectivity index (χ4v) is 1.89. The van der Waals surface area contributed by atoms with Crippen LogP contribution in [0.15, 0.2) is 24.3 Å². The number of halogens is 2. The van der Waals surface area contributed by atoms with E-state index < -0.39 is 6.43 Å². The summed E-state index contributed by atoms with van der Waals surface area (Å²) >= 11 is 0. The Kier molecular flexibility index (Phi) is 3.33. The summed E-state index contributed by atoms with van der Waals surface area (Å²) in [6.45, 7) is 2.98. The predicted molar refractivity (Wildman–Crippen MR) is 67.7 cm³/mol. The number of anilines is 1. The number of hydrogen-bond acceptors (Lipinski definition) is 3. The molecule has 0 aliphatic rings. The van der Waals surface area contributed by atoms with Crippen molar-refractivity contribution in [2.24, 2.45) is 0 Å². The SMILES string of the molecule is CC(=O)c1ccc(N)cc1-n1nc(C)cc1C(F)F.